The molecule has 6 heteroatoms. The molecule has 180 valence electrons. The lowest BCUT2D eigenvalue weighted by Gasteiger charge is -2.46. The van der Waals surface area contributed by atoms with Crippen LogP contribution in [0.25, 0.3) is 0 Å². The summed E-state index contributed by atoms with van der Waals surface area (Å²) in [5.41, 5.74) is 0. The molecule has 4 fully saturated rings. The molecule has 0 spiro atoms. The molecule has 6 unspecified atom stereocenters. The van der Waals surface area contributed by atoms with E-state index < -0.39 is 24.7 Å². The summed E-state index contributed by atoms with van der Waals surface area (Å²) in [7, 11) is 0. The summed E-state index contributed by atoms with van der Waals surface area (Å²) in [6.45, 7) is 5.78. The molecule has 0 aromatic carbocycles. The Bertz CT molecular complexity index is 562. The average molecular weight is 447 g/mol. The molecule has 31 heavy (non-hydrogen) atoms. The molecule has 1 aliphatic heterocycles. The summed E-state index contributed by atoms with van der Waals surface area (Å²) in [5.74, 6) is 0.0479. The number of rotatable bonds is 4. The van der Waals surface area contributed by atoms with Crippen molar-refractivity contribution in [2.45, 2.75) is 102 Å². The molecular weight excluding hydrogens is 404 g/mol. The van der Waals surface area contributed by atoms with Crippen LogP contribution in [-0.4, -0.2) is 43.9 Å². The third kappa shape index (κ3) is 4.95. The second-order valence-corrected chi connectivity index (χ2v) is 11.2. The van der Waals surface area contributed by atoms with Crippen LogP contribution in [0.5, 0.6) is 0 Å². The van der Waals surface area contributed by atoms with Crippen molar-refractivity contribution in [1.29, 1.82) is 0 Å². The third-order valence-electron chi connectivity index (χ3n) is 9.34. The van der Waals surface area contributed by atoms with Crippen LogP contribution >= 0.6 is 0 Å². The third-order valence-corrected chi connectivity index (χ3v) is 9.34. The maximum Gasteiger partial charge on any atom is 0.137 e. The van der Waals surface area contributed by atoms with Crippen LogP contribution in [0.2, 0.25) is 0 Å². The molecule has 0 amide bonds. The van der Waals surface area contributed by atoms with E-state index in [1.807, 2.05) is 6.92 Å². The Morgan fingerprint density at radius 3 is 1.61 bits per heavy atom. The second kappa shape index (κ2) is 10.3. The van der Waals surface area contributed by atoms with E-state index in [1.54, 1.807) is 0 Å². The van der Waals surface area contributed by atoms with E-state index in [-0.39, 0.29) is 41.7 Å². The molecule has 0 aromatic heterocycles. The minimum atomic E-state index is -1.43. The number of hydrogen-bond acceptors (Lipinski definition) is 2. The van der Waals surface area contributed by atoms with E-state index in [0.29, 0.717) is 18.8 Å². The Kier molecular flexibility index (Phi) is 7.89. The summed E-state index contributed by atoms with van der Waals surface area (Å²) < 4.78 is 59.5. The van der Waals surface area contributed by atoms with Gasteiger partial charge in [-0.1, -0.05) is 20.3 Å². The van der Waals surface area contributed by atoms with Gasteiger partial charge in [-0.2, -0.15) is 0 Å². The van der Waals surface area contributed by atoms with Gasteiger partial charge in [0, 0.05) is 19.0 Å². The number of hydrogen-bond donors (Lipinski definition) is 2. The molecule has 0 radical (unpaired) electrons. The maximum absolute atomic E-state index is 15.2. The van der Waals surface area contributed by atoms with Crippen molar-refractivity contribution in [2.75, 3.05) is 13.1 Å². The molecule has 4 rings (SSSR count). The minimum absolute atomic E-state index is 0.130. The summed E-state index contributed by atoms with van der Waals surface area (Å²) in [4.78, 5) is 0. The topological polar surface area (TPSA) is 24.1 Å². The second-order valence-electron chi connectivity index (χ2n) is 11.2. The fourth-order valence-corrected chi connectivity index (χ4v) is 7.27. The Balaban J connectivity index is 1.28. The zero-order valence-corrected chi connectivity index (χ0v) is 19.2. The average Bonchev–Trinajstić information content (AvgIpc) is 2.78. The van der Waals surface area contributed by atoms with Crippen molar-refractivity contribution in [2.24, 2.45) is 41.4 Å². The Morgan fingerprint density at radius 1 is 0.613 bits per heavy atom. The molecule has 2 N–H and O–H groups in total. The first-order valence-electron chi connectivity index (χ1n) is 12.9. The van der Waals surface area contributed by atoms with E-state index in [9.17, 15) is 8.78 Å². The quantitative estimate of drug-likeness (QED) is 0.536. The summed E-state index contributed by atoms with van der Waals surface area (Å²) in [5, 5.41) is 6.71. The Morgan fingerprint density at radius 2 is 1.06 bits per heavy atom. The standard InChI is InChI=1S/C25H42F4N2/c1-3-15-8-9-18(22(27)21(15)26)16-4-6-17(7-5-16)19-10-11-20(24(29)23(19)28)25-30-12-14(2)13-31-25/h14-25,30-31H,3-13H2,1-2H3/t14?,15-,16?,17?,18?,19?,20?,21?,22+,23?,24?,25?/m0/s1. The van der Waals surface area contributed by atoms with Crippen molar-refractivity contribution >= 4 is 0 Å². The smallest absolute Gasteiger partial charge is 0.137 e. The fraction of sp³-hybridized carbons (Fsp3) is 1.00. The highest BCUT2D eigenvalue weighted by Gasteiger charge is 2.48. The molecule has 2 nitrogen and oxygen atoms in total. The van der Waals surface area contributed by atoms with Crippen molar-refractivity contribution in [3.05, 3.63) is 0 Å². The lowest BCUT2D eigenvalue weighted by molar-refractivity contribution is -0.0418. The first-order valence-corrected chi connectivity index (χ1v) is 12.9. The van der Waals surface area contributed by atoms with Crippen LogP contribution in [-0.2, 0) is 0 Å². The van der Waals surface area contributed by atoms with Gasteiger partial charge in [0.1, 0.15) is 24.7 Å². The first-order chi connectivity index (χ1) is 14.9. The van der Waals surface area contributed by atoms with Gasteiger partial charge in [0.2, 0.25) is 0 Å². The molecular formula is C25H42F4N2. The monoisotopic (exact) mass is 446 g/mol. The number of alkyl halides is 4. The molecule has 0 aromatic rings. The Labute approximate surface area is 185 Å². The molecule has 8 atom stereocenters. The Hall–Kier alpha value is -0.360. The van der Waals surface area contributed by atoms with E-state index >= 15 is 8.78 Å². The van der Waals surface area contributed by atoms with Crippen LogP contribution in [0.3, 0.4) is 0 Å². The van der Waals surface area contributed by atoms with Gasteiger partial charge in [0.15, 0.2) is 0 Å². The van der Waals surface area contributed by atoms with Gasteiger partial charge in [-0.15, -0.1) is 0 Å². The highest BCUT2D eigenvalue weighted by Crippen LogP contribution is 2.48. The van der Waals surface area contributed by atoms with Gasteiger partial charge in [-0.3, -0.25) is 0 Å². The summed E-state index contributed by atoms with van der Waals surface area (Å²) >= 11 is 0. The number of nitrogens with one attached hydrogen (secondary N) is 2. The molecule has 1 heterocycles. The van der Waals surface area contributed by atoms with E-state index in [0.717, 1.165) is 58.0 Å². The summed E-state index contributed by atoms with van der Waals surface area (Å²) in [6, 6.07) is 0. The van der Waals surface area contributed by atoms with Gasteiger partial charge >= 0.3 is 0 Å². The maximum atomic E-state index is 15.2. The molecule has 3 saturated carbocycles. The van der Waals surface area contributed by atoms with Crippen LogP contribution < -0.4 is 10.6 Å². The normalized spacial score (nSPS) is 52.1. The highest BCUT2D eigenvalue weighted by atomic mass is 19.2. The van der Waals surface area contributed by atoms with Gasteiger partial charge in [-0.05, 0) is 86.9 Å². The molecule has 4 aliphatic rings. The van der Waals surface area contributed by atoms with E-state index in [1.165, 1.54) is 0 Å². The largest absolute Gasteiger partial charge is 0.301 e. The van der Waals surface area contributed by atoms with Crippen LogP contribution in [0.1, 0.15) is 71.6 Å². The zero-order valence-electron chi connectivity index (χ0n) is 19.2. The van der Waals surface area contributed by atoms with Crippen molar-refractivity contribution in [1.82, 2.24) is 10.6 Å². The van der Waals surface area contributed by atoms with Crippen molar-refractivity contribution in [3.63, 3.8) is 0 Å². The van der Waals surface area contributed by atoms with Gasteiger partial charge in [-0.25, -0.2) is 17.6 Å². The van der Waals surface area contributed by atoms with E-state index in [4.69, 9.17) is 0 Å². The predicted molar refractivity (Wildman–Crippen MR) is 117 cm³/mol. The lowest BCUT2D eigenvalue weighted by atomic mass is 9.63. The van der Waals surface area contributed by atoms with Crippen LogP contribution in [0, 0.1) is 41.4 Å². The number of halogens is 4. The molecule has 0 bridgehead atoms. The van der Waals surface area contributed by atoms with Gasteiger partial charge in [0.25, 0.3) is 0 Å². The summed E-state index contributed by atoms with van der Waals surface area (Å²) in [6.07, 6.45) is 1.41. The highest BCUT2D eigenvalue weighted by molar-refractivity contribution is 4.98. The first kappa shape index (κ1) is 23.8. The van der Waals surface area contributed by atoms with Crippen LogP contribution in [0.4, 0.5) is 17.6 Å². The fourth-order valence-electron chi connectivity index (χ4n) is 7.27. The van der Waals surface area contributed by atoms with Crippen molar-refractivity contribution in [3.8, 4) is 0 Å². The zero-order chi connectivity index (χ0) is 22.1. The van der Waals surface area contributed by atoms with E-state index in [2.05, 4.69) is 17.6 Å². The minimum Gasteiger partial charge on any atom is -0.301 e. The predicted octanol–water partition coefficient (Wildman–Crippen LogP) is 5.76. The molecule has 1 saturated heterocycles. The van der Waals surface area contributed by atoms with Crippen LogP contribution in [0.15, 0.2) is 0 Å². The van der Waals surface area contributed by atoms with Crippen molar-refractivity contribution < 1.29 is 17.6 Å². The molecule has 3 aliphatic carbocycles. The SMILES string of the molecule is CC[C@H]1CCC(C2CCC(C3CCC(C4NCC(C)CN4)C(F)C3F)CC2)[C@@H](F)C1F. The van der Waals surface area contributed by atoms with Gasteiger partial charge < -0.3 is 10.6 Å². The lowest BCUT2D eigenvalue weighted by Crippen LogP contribution is -2.60. The van der Waals surface area contributed by atoms with Gasteiger partial charge in [0.05, 0.1) is 6.17 Å².